The lowest BCUT2D eigenvalue weighted by atomic mass is 10.1. The lowest BCUT2D eigenvalue weighted by Crippen LogP contribution is -2.31. The summed E-state index contributed by atoms with van der Waals surface area (Å²) in [6.07, 6.45) is -7.19. The summed E-state index contributed by atoms with van der Waals surface area (Å²) in [5.74, 6) is -10.9. The Hall–Kier alpha value is -4.21. The van der Waals surface area contributed by atoms with E-state index < -0.39 is 109 Å². The van der Waals surface area contributed by atoms with Crippen molar-refractivity contribution in [1.29, 1.82) is 0 Å². The van der Waals surface area contributed by atoms with Gasteiger partial charge in [-0.2, -0.15) is 0 Å². The number of hydrogen-bond donors (Lipinski definition) is 8. The quantitative estimate of drug-likeness (QED) is 0.0328. The minimum atomic E-state index is -2.14. The Bertz CT molecular complexity index is 1130. The van der Waals surface area contributed by atoms with Gasteiger partial charge in [0, 0.05) is 11.6 Å². The summed E-state index contributed by atoms with van der Waals surface area (Å²) < 4.78 is 19.8. The van der Waals surface area contributed by atoms with Crippen LogP contribution in [-0.4, -0.2) is 129 Å². The van der Waals surface area contributed by atoms with E-state index in [9.17, 15) is 39.3 Å². The Labute approximate surface area is 228 Å². The molecular weight excluding hydrogens is 568 g/mol. The molecule has 0 saturated heterocycles. The van der Waals surface area contributed by atoms with E-state index in [0.717, 1.165) is 19.3 Å². The highest BCUT2D eigenvalue weighted by Crippen LogP contribution is 2.48. The zero-order valence-electron chi connectivity index (χ0n) is 20.9. The van der Waals surface area contributed by atoms with E-state index >= 15 is 0 Å². The van der Waals surface area contributed by atoms with E-state index in [2.05, 4.69) is 9.78 Å². The van der Waals surface area contributed by atoms with Crippen LogP contribution in [0.5, 0.6) is 23.0 Å². The van der Waals surface area contributed by atoms with Gasteiger partial charge >= 0.3 is 29.8 Å². The number of aliphatic hydroxyl groups excluding tert-OH is 8. The maximum atomic E-state index is 12.2. The van der Waals surface area contributed by atoms with Crippen molar-refractivity contribution in [3.8, 4) is 23.0 Å². The summed E-state index contributed by atoms with van der Waals surface area (Å²) in [4.78, 5) is 67.9. The number of rotatable bonds is 14. The van der Waals surface area contributed by atoms with E-state index in [1.165, 1.54) is 0 Å². The first-order chi connectivity index (χ1) is 19.3. The van der Waals surface area contributed by atoms with Crippen molar-refractivity contribution in [3.05, 3.63) is 17.7 Å². The molecule has 0 aromatic heterocycles. The van der Waals surface area contributed by atoms with Gasteiger partial charge in [0.2, 0.25) is 11.5 Å². The molecule has 0 heterocycles. The third kappa shape index (κ3) is 10.0. The fourth-order valence-electron chi connectivity index (χ4n) is 2.34. The Morgan fingerprint density at radius 3 is 1.56 bits per heavy atom. The fourth-order valence-corrected chi connectivity index (χ4v) is 2.34. The van der Waals surface area contributed by atoms with Gasteiger partial charge in [0.15, 0.2) is 35.9 Å². The predicted octanol–water partition coefficient (Wildman–Crippen LogP) is -5.16. The molecule has 1 rings (SSSR count). The summed E-state index contributed by atoms with van der Waals surface area (Å²) in [5, 5.41) is 73.6. The number of carbonyl (C=O) groups is 5. The number of ether oxygens (including phenoxy) is 4. The van der Waals surface area contributed by atoms with Crippen LogP contribution in [0, 0.1) is 0 Å². The third-order valence-corrected chi connectivity index (χ3v) is 4.39. The molecule has 8 N–H and O–H groups in total. The second-order valence-corrected chi connectivity index (χ2v) is 7.35. The molecule has 1 aromatic rings. The van der Waals surface area contributed by atoms with Crippen molar-refractivity contribution in [3.63, 3.8) is 0 Å². The van der Waals surface area contributed by atoms with Gasteiger partial charge in [-0.05, 0) is 12.1 Å². The second kappa shape index (κ2) is 16.8. The molecule has 0 aliphatic rings. The molecule has 0 radical (unpaired) electrons. The molecule has 0 aliphatic heterocycles. The van der Waals surface area contributed by atoms with Crippen LogP contribution in [0.25, 0.3) is 6.08 Å². The van der Waals surface area contributed by atoms with Crippen LogP contribution in [0.2, 0.25) is 0 Å². The molecule has 0 aliphatic carbocycles. The number of methoxy groups -OCH3 is 1. The predicted molar refractivity (Wildman–Crippen MR) is 123 cm³/mol. The standard InChI is InChI=1S/C22H26O19/c1-36-18-16(38-20(33)11(28)6-24)9(2-3-15(31)40-41-22(35)13(30)8-26)4-14(37-19(32)10(27)5-23)17(18)39-21(34)12(29)7-25/h2-4,10-13,23-30H,5-8H2,1H3. The van der Waals surface area contributed by atoms with E-state index in [4.69, 9.17) is 44.5 Å². The Morgan fingerprint density at radius 2 is 1.10 bits per heavy atom. The molecule has 0 amide bonds. The largest absolute Gasteiger partial charge is 0.490 e. The lowest BCUT2D eigenvalue weighted by Gasteiger charge is -2.20. The van der Waals surface area contributed by atoms with Crippen molar-refractivity contribution in [2.24, 2.45) is 0 Å². The summed E-state index contributed by atoms with van der Waals surface area (Å²) in [6, 6.07) is 0.720. The summed E-state index contributed by atoms with van der Waals surface area (Å²) in [5.41, 5.74) is -0.484. The highest BCUT2D eigenvalue weighted by atomic mass is 17.2. The maximum Gasteiger partial charge on any atom is 0.386 e. The highest BCUT2D eigenvalue weighted by molar-refractivity contribution is 5.91. The highest BCUT2D eigenvalue weighted by Gasteiger charge is 2.31. The molecule has 0 saturated carbocycles. The maximum absolute atomic E-state index is 12.2. The van der Waals surface area contributed by atoms with E-state index in [1.807, 2.05) is 0 Å². The van der Waals surface area contributed by atoms with E-state index in [1.54, 1.807) is 0 Å². The van der Waals surface area contributed by atoms with Crippen molar-refractivity contribution in [2.75, 3.05) is 33.5 Å². The molecule has 4 atom stereocenters. The fraction of sp³-hybridized carbons (Fsp3) is 0.409. The summed E-state index contributed by atoms with van der Waals surface area (Å²) in [6.45, 7) is -4.43. The van der Waals surface area contributed by atoms with Crippen LogP contribution >= 0.6 is 0 Å². The number of hydrogen-bond acceptors (Lipinski definition) is 19. The molecule has 0 fully saturated rings. The Kier molecular flexibility index (Phi) is 14.3. The first-order valence-corrected chi connectivity index (χ1v) is 11.0. The number of esters is 3. The van der Waals surface area contributed by atoms with Gasteiger partial charge in [-0.3, -0.25) is 0 Å². The van der Waals surface area contributed by atoms with Gasteiger partial charge in [-0.1, -0.05) is 0 Å². The lowest BCUT2D eigenvalue weighted by molar-refractivity contribution is -0.261. The van der Waals surface area contributed by atoms with Gasteiger partial charge in [0.1, 0.15) is 0 Å². The minimum absolute atomic E-state index is 0.484. The molecular formula is C22H26O19. The van der Waals surface area contributed by atoms with Crippen LogP contribution in [-0.2, 0) is 33.7 Å². The Morgan fingerprint density at radius 1 is 0.659 bits per heavy atom. The monoisotopic (exact) mass is 594 g/mol. The molecule has 0 spiro atoms. The SMILES string of the molecule is COc1c(OC(=O)C(O)CO)c(C=CC(=O)OOC(=O)C(O)CO)cc(OC(=O)C(O)CO)c1OC(=O)C(O)CO. The van der Waals surface area contributed by atoms with Gasteiger partial charge in [0.05, 0.1) is 33.5 Å². The zero-order valence-corrected chi connectivity index (χ0v) is 20.9. The normalized spacial score (nSPS) is 13.9. The number of benzene rings is 1. The first-order valence-electron chi connectivity index (χ1n) is 11.0. The molecule has 19 nitrogen and oxygen atoms in total. The van der Waals surface area contributed by atoms with Crippen LogP contribution in [0.1, 0.15) is 5.56 Å². The molecule has 1 aromatic carbocycles. The average Bonchev–Trinajstić information content (AvgIpc) is 2.97. The van der Waals surface area contributed by atoms with Crippen LogP contribution in [0.3, 0.4) is 0 Å². The second-order valence-electron chi connectivity index (χ2n) is 7.35. The van der Waals surface area contributed by atoms with Crippen molar-refractivity contribution in [2.45, 2.75) is 24.4 Å². The van der Waals surface area contributed by atoms with Crippen LogP contribution in [0.15, 0.2) is 12.1 Å². The molecule has 41 heavy (non-hydrogen) atoms. The van der Waals surface area contributed by atoms with Gasteiger partial charge in [-0.15, -0.1) is 0 Å². The molecule has 19 heteroatoms. The van der Waals surface area contributed by atoms with Crippen molar-refractivity contribution in [1.82, 2.24) is 0 Å². The van der Waals surface area contributed by atoms with Crippen molar-refractivity contribution < 1.29 is 93.5 Å². The van der Waals surface area contributed by atoms with Gasteiger partial charge < -0.3 is 59.8 Å². The van der Waals surface area contributed by atoms with Gasteiger partial charge in [0.25, 0.3) is 0 Å². The van der Waals surface area contributed by atoms with Crippen LogP contribution in [0.4, 0.5) is 0 Å². The third-order valence-electron chi connectivity index (χ3n) is 4.39. The minimum Gasteiger partial charge on any atom is -0.490 e. The summed E-state index contributed by atoms with van der Waals surface area (Å²) in [7, 11) is 0.900. The smallest absolute Gasteiger partial charge is 0.386 e. The first kappa shape index (κ1) is 34.8. The van der Waals surface area contributed by atoms with E-state index in [-0.39, 0.29) is 0 Å². The van der Waals surface area contributed by atoms with E-state index in [0.29, 0.717) is 6.08 Å². The number of carbonyl (C=O) groups excluding carboxylic acids is 5. The molecule has 228 valence electrons. The molecule has 0 bridgehead atoms. The zero-order chi connectivity index (χ0) is 31.3. The van der Waals surface area contributed by atoms with Crippen molar-refractivity contribution >= 4 is 35.9 Å². The average molecular weight is 594 g/mol. The number of aliphatic hydroxyl groups is 8. The van der Waals surface area contributed by atoms with Gasteiger partial charge in [-0.25, -0.2) is 33.7 Å². The topological polar surface area (TPSA) is 303 Å². The van der Waals surface area contributed by atoms with Crippen LogP contribution < -0.4 is 18.9 Å². The molecule has 4 unspecified atom stereocenters. The summed E-state index contributed by atoms with van der Waals surface area (Å²) >= 11 is 0. The Balaban J connectivity index is 3.74.